The molecule has 0 aromatic rings. The third kappa shape index (κ3) is 27.3. The van der Waals surface area contributed by atoms with Crippen LogP contribution in [0.3, 0.4) is 0 Å². The Hall–Kier alpha value is 1.11. The Morgan fingerprint density at radius 3 is 1.89 bits per heavy atom. The topological polar surface area (TPSA) is 0 Å². The molecule has 0 aliphatic carbocycles. The van der Waals surface area contributed by atoms with Gasteiger partial charge in [-0.1, -0.05) is 26.2 Å². The summed E-state index contributed by atoms with van der Waals surface area (Å²) in [6, 6.07) is 0. The summed E-state index contributed by atoms with van der Waals surface area (Å²) in [7, 11) is 9.69. The van der Waals surface area contributed by atoms with Crippen molar-refractivity contribution < 1.29 is 0 Å². The van der Waals surface area contributed by atoms with E-state index in [0.717, 1.165) is 6.42 Å². The quantitative estimate of drug-likeness (QED) is 0.357. The number of hydrogen-bond acceptors (Lipinski definition) is 0. The minimum atomic E-state index is -0.306. The Kier molecular flexibility index (Phi) is 22.8. The van der Waals surface area contributed by atoms with Crippen molar-refractivity contribution in [2.75, 3.05) is 0 Å². The maximum atomic E-state index is 4.85. The molecular formula is C6H13AlCl2. The second-order valence-electron chi connectivity index (χ2n) is 1.64. The Balaban J connectivity index is 0. The Morgan fingerprint density at radius 2 is 1.78 bits per heavy atom. The first-order valence-electron chi connectivity index (χ1n) is 3.14. The molecule has 0 nitrogen and oxygen atoms in total. The fourth-order valence-electron chi connectivity index (χ4n) is 0.427. The van der Waals surface area contributed by atoms with Crippen molar-refractivity contribution in [3.8, 4) is 0 Å². The molecule has 0 aromatic heterocycles. The van der Waals surface area contributed by atoms with Crippen LogP contribution in [0.5, 0.6) is 0 Å². The molecule has 0 fully saturated rings. The van der Waals surface area contributed by atoms with Gasteiger partial charge < -0.3 is 6.92 Å². The minimum absolute atomic E-state index is 0.306. The van der Waals surface area contributed by atoms with E-state index in [1.165, 1.54) is 19.3 Å². The van der Waals surface area contributed by atoms with Crippen molar-refractivity contribution in [1.82, 2.24) is 0 Å². The van der Waals surface area contributed by atoms with E-state index >= 15 is 0 Å². The van der Waals surface area contributed by atoms with Gasteiger partial charge in [-0.25, -0.2) is 0 Å². The van der Waals surface area contributed by atoms with Gasteiger partial charge in [0.2, 0.25) is 0 Å². The SMILES string of the molecule is [CH2-]CCCCC.[Cl][Al+][Cl]. The molecule has 0 spiro atoms. The normalized spacial score (nSPS) is 7.11. The number of unbranched alkanes of at least 4 members (excludes halogenated alkanes) is 3. The molecular weight excluding hydrogens is 170 g/mol. The molecule has 0 heterocycles. The fraction of sp³-hybridized carbons (Fsp3) is 0.833. The van der Waals surface area contributed by atoms with Crippen molar-refractivity contribution in [3.63, 3.8) is 0 Å². The summed E-state index contributed by atoms with van der Waals surface area (Å²) in [5.74, 6) is 0. The van der Waals surface area contributed by atoms with Gasteiger partial charge in [0.25, 0.3) is 0 Å². The molecule has 3 heteroatoms. The molecule has 0 N–H and O–H groups in total. The van der Waals surface area contributed by atoms with E-state index in [1.54, 1.807) is 0 Å². The van der Waals surface area contributed by atoms with Crippen LogP contribution in [0, 0.1) is 6.92 Å². The van der Waals surface area contributed by atoms with E-state index in [4.69, 9.17) is 20.1 Å². The van der Waals surface area contributed by atoms with E-state index in [-0.39, 0.29) is 13.4 Å². The first-order valence-corrected chi connectivity index (χ1v) is 6.64. The molecule has 9 heavy (non-hydrogen) atoms. The van der Waals surface area contributed by atoms with Gasteiger partial charge in [-0.3, -0.25) is 0 Å². The van der Waals surface area contributed by atoms with Crippen molar-refractivity contribution in [1.29, 1.82) is 0 Å². The van der Waals surface area contributed by atoms with Crippen LogP contribution in [-0.2, 0) is 0 Å². The molecule has 54 valence electrons. The predicted molar refractivity (Wildman–Crippen MR) is 47.0 cm³/mol. The summed E-state index contributed by atoms with van der Waals surface area (Å²) >= 11 is -0.306. The molecule has 0 aromatic carbocycles. The van der Waals surface area contributed by atoms with Crippen LogP contribution in [0.4, 0.5) is 0 Å². The molecule has 0 rings (SSSR count). The van der Waals surface area contributed by atoms with Gasteiger partial charge in [0, 0.05) is 0 Å². The fourth-order valence-corrected chi connectivity index (χ4v) is 0.427. The van der Waals surface area contributed by atoms with Crippen LogP contribution in [0.1, 0.15) is 32.6 Å². The first kappa shape index (κ1) is 12.8. The third-order valence-electron chi connectivity index (χ3n) is 0.854. The van der Waals surface area contributed by atoms with E-state index in [9.17, 15) is 0 Å². The number of hydrogen-bond donors (Lipinski definition) is 0. The summed E-state index contributed by atoms with van der Waals surface area (Å²) in [6.07, 6.45) is 5.07. The van der Waals surface area contributed by atoms with E-state index < -0.39 is 0 Å². The van der Waals surface area contributed by atoms with Crippen molar-refractivity contribution in [3.05, 3.63) is 6.92 Å². The van der Waals surface area contributed by atoms with Crippen molar-refractivity contribution in [2.45, 2.75) is 32.6 Å². The average Bonchev–Trinajstić information content (AvgIpc) is 1.86. The van der Waals surface area contributed by atoms with Gasteiger partial charge >= 0.3 is 33.5 Å². The van der Waals surface area contributed by atoms with Crippen LogP contribution >= 0.6 is 20.1 Å². The maximum absolute atomic E-state index is 4.85. The van der Waals surface area contributed by atoms with Crippen LogP contribution in [0.2, 0.25) is 0 Å². The summed E-state index contributed by atoms with van der Waals surface area (Å²) in [5.41, 5.74) is 0. The van der Waals surface area contributed by atoms with Gasteiger partial charge in [-0.05, 0) is 0 Å². The Bertz CT molecular complexity index is 30.2. The summed E-state index contributed by atoms with van der Waals surface area (Å²) in [6.45, 7) is 5.93. The number of rotatable bonds is 3. The van der Waals surface area contributed by atoms with Crippen LogP contribution in [0.25, 0.3) is 0 Å². The third-order valence-corrected chi connectivity index (χ3v) is 0.854. The number of halogens is 2. The molecule has 0 aliphatic heterocycles. The molecule has 0 amide bonds. The second kappa shape index (κ2) is 16.1. The van der Waals surface area contributed by atoms with E-state index in [1.807, 2.05) is 0 Å². The molecule has 0 bridgehead atoms. The van der Waals surface area contributed by atoms with Crippen LogP contribution in [-0.4, -0.2) is 13.4 Å². The van der Waals surface area contributed by atoms with Crippen LogP contribution in [0.15, 0.2) is 0 Å². The van der Waals surface area contributed by atoms with Gasteiger partial charge in [-0.2, -0.15) is 6.42 Å². The predicted octanol–water partition coefficient (Wildman–Crippen LogP) is 3.40. The zero-order valence-electron chi connectivity index (χ0n) is 5.87. The van der Waals surface area contributed by atoms with E-state index in [2.05, 4.69) is 13.8 Å². The summed E-state index contributed by atoms with van der Waals surface area (Å²) in [4.78, 5) is 0. The second-order valence-corrected chi connectivity index (χ2v) is 3.79. The molecule has 0 unspecified atom stereocenters. The zero-order valence-corrected chi connectivity index (χ0v) is 8.54. The van der Waals surface area contributed by atoms with Gasteiger partial charge in [0.15, 0.2) is 0 Å². The van der Waals surface area contributed by atoms with Crippen molar-refractivity contribution in [2.24, 2.45) is 0 Å². The first-order chi connectivity index (χ1) is 4.33. The summed E-state index contributed by atoms with van der Waals surface area (Å²) in [5, 5.41) is 0. The zero-order chi connectivity index (χ0) is 7.54. The van der Waals surface area contributed by atoms with Gasteiger partial charge in [0.1, 0.15) is 0 Å². The average molecular weight is 183 g/mol. The van der Waals surface area contributed by atoms with Gasteiger partial charge in [-0.15, -0.1) is 0 Å². The molecule has 0 saturated heterocycles. The molecule has 0 radical (unpaired) electrons. The van der Waals surface area contributed by atoms with E-state index in [0.29, 0.717) is 0 Å². The summed E-state index contributed by atoms with van der Waals surface area (Å²) < 4.78 is 0. The monoisotopic (exact) mass is 182 g/mol. The molecule has 0 saturated carbocycles. The van der Waals surface area contributed by atoms with Crippen molar-refractivity contribution >= 4 is 33.5 Å². The Morgan fingerprint density at radius 1 is 1.33 bits per heavy atom. The molecule has 0 atom stereocenters. The standard InChI is InChI=1S/C6H13.Al.2ClH/c1-3-5-6-4-2;;;/h1,3-6H2,2H3;;2*1H/q-1;+3;;/p-2. The Labute approximate surface area is 73.0 Å². The van der Waals surface area contributed by atoms with Gasteiger partial charge in [0.05, 0.1) is 0 Å². The molecule has 0 aliphatic rings. The van der Waals surface area contributed by atoms with Crippen LogP contribution < -0.4 is 0 Å².